The Morgan fingerprint density at radius 1 is 0.923 bits per heavy atom. The smallest absolute Gasteiger partial charge is 0.192 e. The highest BCUT2D eigenvalue weighted by molar-refractivity contribution is 6.10. The van der Waals surface area contributed by atoms with E-state index in [-0.39, 0.29) is 5.78 Å². The molecule has 1 heteroatoms. The van der Waals surface area contributed by atoms with Crippen LogP contribution in [-0.2, 0) is 0 Å². The van der Waals surface area contributed by atoms with Crippen LogP contribution < -0.4 is 0 Å². The zero-order valence-corrected chi connectivity index (χ0v) is 18.6. The highest BCUT2D eigenvalue weighted by Gasteiger charge is 2.07. The number of unbranched alkanes of at least 4 members (excludes halogenated alkanes) is 3. The van der Waals surface area contributed by atoms with Crippen LogP contribution in [0.3, 0.4) is 0 Å². The Balaban J connectivity index is -0.000000445. The van der Waals surface area contributed by atoms with Crippen molar-refractivity contribution in [3.8, 4) is 0 Å². The van der Waals surface area contributed by atoms with Crippen LogP contribution >= 0.6 is 0 Å². The van der Waals surface area contributed by atoms with Crippen molar-refractivity contribution in [2.75, 3.05) is 0 Å². The number of allylic oxidation sites excluding steroid dienone is 4. The largest absolute Gasteiger partial charge is 0.289 e. The van der Waals surface area contributed by atoms with Gasteiger partial charge in [-0.3, -0.25) is 4.79 Å². The van der Waals surface area contributed by atoms with Crippen LogP contribution in [0.2, 0.25) is 0 Å². The van der Waals surface area contributed by atoms with Gasteiger partial charge in [0.2, 0.25) is 0 Å². The van der Waals surface area contributed by atoms with Gasteiger partial charge in [0.25, 0.3) is 0 Å². The average molecular weight is 359 g/mol. The molecule has 0 bridgehead atoms. The lowest BCUT2D eigenvalue weighted by Crippen LogP contribution is -2.01. The van der Waals surface area contributed by atoms with Crippen molar-refractivity contribution in [3.05, 3.63) is 65.8 Å². The van der Waals surface area contributed by atoms with E-state index >= 15 is 0 Å². The number of benzene rings is 1. The van der Waals surface area contributed by atoms with Crippen molar-refractivity contribution >= 4 is 11.9 Å². The number of carbonyl (C=O) groups excluding carboxylic acids is 1. The molecule has 0 amide bonds. The van der Waals surface area contributed by atoms with Gasteiger partial charge in [-0.05, 0) is 19.4 Å². The molecule has 0 radical (unpaired) electrons. The molecule has 0 atom stereocenters. The molecule has 1 aromatic carbocycles. The van der Waals surface area contributed by atoms with Crippen LogP contribution in [0.5, 0.6) is 0 Å². The molecule has 1 rings (SSSR count). The molecule has 0 aromatic heterocycles. The molecular weight excluding hydrogens is 316 g/mol. The van der Waals surface area contributed by atoms with Crippen LogP contribution in [-0.4, -0.2) is 5.78 Å². The summed E-state index contributed by atoms with van der Waals surface area (Å²) in [7, 11) is 0. The standard InChI is InChI=1S/C15H16O.C6H14.2C2H6/c1-4-7-13(6-3)15(16)14-10-8-12(5-2)9-11-14;1-3-5-6-4-2;2*1-2/h4-11H,2H2,1,3H3;3-6H2,1-2H3;2*1-2H3/b7-4-,13-6+;;;. The van der Waals surface area contributed by atoms with Crippen molar-refractivity contribution < 1.29 is 4.79 Å². The minimum absolute atomic E-state index is 0.0520. The van der Waals surface area contributed by atoms with E-state index in [0.717, 1.165) is 5.56 Å². The molecule has 0 unspecified atom stereocenters. The highest BCUT2D eigenvalue weighted by Crippen LogP contribution is 2.12. The second-order valence-corrected chi connectivity index (χ2v) is 5.11. The monoisotopic (exact) mass is 358 g/mol. The van der Waals surface area contributed by atoms with E-state index in [9.17, 15) is 4.79 Å². The second-order valence-electron chi connectivity index (χ2n) is 5.11. The molecule has 0 aliphatic rings. The molecule has 148 valence electrons. The number of rotatable bonds is 7. The Kier molecular flexibility index (Phi) is 25.7. The van der Waals surface area contributed by atoms with Gasteiger partial charge >= 0.3 is 0 Å². The maximum atomic E-state index is 12.0. The first-order valence-electron chi connectivity index (χ1n) is 10.2. The third kappa shape index (κ3) is 14.5. The minimum atomic E-state index is 0.0520. The van der Waals surface area contributed by atoms with Crippen molar-refractivity contribution in [3.63, 3.8) is 0 Å². The third-order valence-electron chi connectivity index (χ3n) is 3.29. The van der Waals surface area contributed by atoms with E-state index in [0.29, 0.717) is 11.1 Å². The van der Waals surface area contributed by atoms with Gasteiger partial charge < -0.3 is 0 Å². The molecule has 0 N–H and O–H groups in total. The van der Waals surface area contributed by atoms with Gasteiger partial charge in [-0.25, -0.2) is 0 Å². The molecule has 0 heterocycles. The number of hydrogen-bond donors (Lipinski definition) is 0. The first kappa shape index (κ1) is 28.9. The van der Waals surface area contributed by atoms with Crippen LogP contribution in [0.4, 0.5) is 0 Å². The molecule has 0 fully saturated rings. The summed E-state index contributed by atoms with van der Waals surface area (Å²) in [5.74, 6) is 0.0520. The summed E-state index contributed by atoms with van der Waals surface area (Å²) < 4.78 is 0. The summed E-state index contributed by atoms with van der Waals surface area (Å²) >= 11 is 0. The summed E-state index contributed by atoms with van der Waals surface area (Å²) in [4.78, 5) is 12.0. The summed E-state index contributed by atoms with van der Waals surface area (Å²) in [6.07, 6.45) is 12.8. The van der Waals surface area contributed by atoms with Crippen molar-refractivity contribution in [2.24, 2.45) is 0 Å². The van der Waals surface area contributed by atoms with E-state index in [1.165, 1.54) is 25.7 Å². The Hall–Kier alpha value is -1.89. The fourth-order valence-electron chi connectivity index (χ4n) is 1.92. The fraction of sp³-hybridized carbons (Fsp3) is 0.480. The Morgan fingerprint density at radius 2 is 1.38 bits per heavy atom. The van der Waals surface area contributed by atoms with Crippen molar-refractivity contribution in [1.29, 1.82) is 0 Å². The van der Waals surface area contributed by atoms with Gasteiger partial charge in [0.15, 0.2) is 5.78 Å². The quantitative estimate of drug-likeness (QED) is 0.206. The van der Waals surface area contributed by atoms with E-state index in [4.69, 9.17) is 0 Å². The topological polar surface area (TPSA) is 17.1 Å². The number of Topliss-reactive ketones (excluding diaryl/α,β-unsaturated/α-hetero) is 1. The predicted molar refractivity (Wildman–Crippen MR) is 122 cm³/mol. The van der Waals surface area contributed by atoms with E-state index in [1.807, 2.05) is 84.0 Å². The second kappa shape index (κ2) is 23.1. The third-order valence-corrected chi connectivity index (χ3v) is 3.29. The number of ketones is 1. The number of carbonyl (C=O) groups is 1. The molecule has 0 aliphatic carbocycles. The van der Waals surface area contributed by atoms with Gasteiger partial charge in [0.05, 0.1) is 0 Å². The zero-order chi connectivity index (χ0) is 20.8. The van der Waals surface area contributed by atoms with E-state index < -0.39 is 0 Å². The molecule has 0 saturated heterocycles. The lowest BCUT2D eigenvalue weighted by molar-refractivity contribution is 0.103. The summed E-state index contributed by atoms with van der Waals surface area (Å²) in [6, 6.07) is 7.44. The lowest BCUT2D eigenvalue weighted by atomic mass is 10.0. The zero-order valence-electron chi connectivity index (χ0n) is 18.6. The average Bonchev–Trinajstić information content (AvgIpc) is 2.73. The number of hydrogen-bond acceptors (Lipinski definition) is 1. The SMILES string of the molecule is C=Cc1ccc(C(=O)C(/C=C\C)=C/C)cc1.CC.CC.CCCCCC. The van der Waals surface area contributed by atoms with Crippen molar-refractivity contribution in [1.82, 2.24) is 0 Å². The summed E-state index contributed by atoms with van der Waals surface area (Å²) in [6.45, 7) is 19.9. The first-order valence-corrected chi connectivity index (χ1v) is 10.2. The maximum absolute atomic E-state index is 12.0. The Labute approximate surface area is 163 Å². The first-order chi connectivity index (χ1) is 12.6. The Morgan fingerprint density at radius 3 is 1.69 bits per heavy atom. The summed E-state index contributed by atoms with van der Waals surface area (Å²) in [5.41, 5.74) is 2.44. The van der Waals surface area contributed by atoms with Gasteiger partial charge in [0, 0.05) is 11.1 Å². The van der Waals surface area contributed by atoms with Crippen molar-refractivity contribution in [2.45, 2.75) is 81.1 Å². The van der Waals surface area contributed by atoms with Crippen LogP contribution in [0.15, 0.2) is 54.6 Å². The van der Waals surface area contributed by atoms with Crippen LogP contribution in [0, 0.1) is 0 Å². The minimum Gasteiger partial charge on any atom is -0.289 e. The molecule has 1 nitrogen and oxygen atoms in total. The molecule has 0 spiro atoms. The van der Waals surface area contributed by atoms with E-state index in [2.05, 4.69) is 20.4 Å². The van der Waals surface area contributed by atoms with Gasteiger partial charge in [-0.15, -0.1) is 0 Å². The van der Waals surface area contributed by atoms with E-state index in [1.54, 1.807) is 6.08 Å². The molecule has 26 heavy (non-hydrogen) atoms. The molecule has 0 aliphatic heterocycles. The highest BCUT2D eigenvalue weighted by atomic mass is 16.1. The lowest BCUT2D eigenvalue weighted by Gasteiger charge is -2.02. The van der Waals surface area contributed by atoms with Gasteiger partial charge in [-0.2, -0.15) is 0 Å². The normalized spacial score (nSPS) is 9.77. The van der Waals surface area contributed by atoms with Crippen LogP contribution in [0.25, 0.3) is 6.08 Å². The molecule has 0 saturated carbocycles. The van der Waals surface area contributed by atoms with Gasteiger partial charge in [-0.1, -0.05) is 122 Å². The predicted octanol–water partition coefficient (Wildman–Crippen LogP) is 8.67. The summed E-state index contributed by atoms with van der Waals surface area (Å²) in [5, 5.41) is 0. The van der Waals surface area contributed by atoms with Crippen LogP contribution in [0.1, 0.15) is 97.0 Å². The fourth-order valence-corrected chi connectivity index (χ4v) is 1.92. The molecular formula is C25H42O. The Bertz CT molecular complexity index is 485. The molecule has 1 aromatic rings. The van der Waals surface area contributed by atoms with Gasteiger partial charge in [0.1, 0.15) is 0 Å². The maximum Gasteiger partial charge on any atom is 0.192 e.